The Hall–Kier alpha value is -2.91. The molecule has 1 fully saturated rings. The molecule has 0 aromatic heterocycles. The first-order valence-corrected chi connectivity index (χ1v) is 9.39. The van der Waals surface area contributed by atoms with Crippen LogP contribution in [0, 0.1) is 0 Å². The maximum absolute atomic E-state index is 11.6. The molecule has 3 nitrogen and oxygen atoms in total. The van der Waals surface area contributed by atoms with Crippen LogP contribution in [-0.4, -0.2) is 18.6 Å². The Kier molecular flexibility index (Phi) is 5.03. The molecular weight excluding hydrogens is 334 g/mol. The Morgan fingerprint density at radius 3 is 1.59 bits per heavy atom. The van der Waals surface area contributed by atoms with Crippen LogP contribution in [0.4, 0.5) is 0 Å². The second-order valence-corrected chi connectivity index (χ2v) is 6.89. The lowest BCUT2D eigenvalue weighted by atomic mass is 9.80. The van der Waals surface area contributed by atoms with E-state index < -0.39 is 5.60 Å². The van der Waals surface area contributed by atoms with E-state index in [1.807, 2.05) is 54.6 Å². The molecule has 3 aromatic rings. The molecule has 4 rings (SSSR count). The number of hydrogen-bond acceptors (Lipinski definition) is 2. The van der Waals surface area contributed by atoms with E-state index in [4.69, 9.17) is 4.74 Å². The highest BCUT2D eigenvalue weighted by molar-refractivity contribution is 5.78. The number of hydrogen-bond donors (Lipinski definition) is 1. The molecule has 1 aliphatic heterocycles. The van der Waals surface area contributed by atoms with E-state index in [1.54, 1.807) is 0 Å². The van der Waals surface area contributed by atoms with Crippen molar-refractivity contribution in [1.82, 2.24) is 5.32 Å². The lowest BCUT2D eigenvalue weighted by Gasteiger charge is -2.36. The van der Waals surface area contributed by atoms with Crippen molar-refractivity contribution in [3.8, 4) is 0 Å². The number of rotatable bonds is 6. The van der Waals surface area contributed by atoms with Crippen molar-refractivity contribution in [3.05, 3.63) is 108 Å². The smallest absolute Gasteiger partial charge is 0.220 e. The van der Waals surface area contributed by atoms with Gasteiger partial charge in [0.15, 0.2) is 0 Å². The summed E-state index contributed by atoms with van der Waals surface area (Å²) in [6.45, 7) is 0.463. The van der Waals surface area contributed by atoms with Crippen molar-refractivity contribution >= 4 is 5.91 Å². The molecule has 0 saturated carbocycles. The largest absolute Gasteiger partial charge is 0.359 e. The Morgan fingerprint density at radius 1 is 0.778 bits per heavy atom. The van der Waals surface area contributed by atoms with Gasteiger partial charge in [-0.2, -0.15) is 0 Å². The van der Waals surface area contributed by atoms with Gasteiger partial charge in [-0.1, -0.05) is 91.0 Å². The van der Waals surface area contributed by atoms with Crippen LogP contribution in [0.3, 0.4) is 0 Å². The summed E-state index contributed by atoms with van der Waals surface area (Å²) in [6, 6.07) is 31.0. The van der Waals surface area contributed by atoms with Gasteiger partial charge in [0.2, 0.25) is 5.91 Å². The fraction of sp³-hybridized carbons (Fsp3) is 0.208. The molecule has 1 atom stereocenters. The average Bonchev–Trinajstić information content (AvgIpc) is 3.16. The Labute approximate surface area is 160 Å². The number of amides is 1. The summed E-state index contributed by atoms with van der Waals surface area (Å²) >= 11 is 0. The third kappa shape index (κ3) is 3.51. The van der Waals surface area contributed by atoms with Gasteiger partial charge < -0.3 is 10.1 Å². The number of carbonyl (C=O) groups excluding carboxylic acids is 1. The molecule has 0 radical (unpaired) electrons. The second kappa shape index (κ2) is 7.77. The summed E-state index contributed by atoms with van der Waals surface area (Å²) in [4.78, 5) is 11.6. The van der Waals surface area contributed by atoms with Gasteiger partial charge in [-0.3, -0.25) is 4.79 Å². The first-order chi connectivity index (χ1) is 13.3. The van der Waals surface area contributed by atoms with Crippen LogP contribution in [-0.2, 0) is 15.1 Å². The second-order valence-electron chi connectivity index (χ2n) is 6.89. The molecule has 3 aromatic carbocycles. The SMILES string of the molecule is O=C1CC[C@H](COC(c2ccccc2)(c2ccccc2)c2ccccc2)N1. The minimum atomic E-state index is -0.725. The van der Waals surface area contributed by atoms with Gasteiger partial charge >= 0.3 is 0 Å². The molecule has 1 aliphatic rings. The quantitative estimate of drug-likeness (QED) is 0.669. The van der Waals surface area contributed by atoms with Gasteiger partial charge in [-0.05, 0) is 23.1 Å². The third-order valence-corrected chi connectivity index (χ3v) is 5.13. The molecule has 0 bridgehead atoms. The molecule has 1 saturated heterocycles. The maximum atomic E-state index is 11.6. The van der Waals surface area contributed by atoms with Crippen molar-refractivity contribution in [2.75, 3.05) is 6.61 Å². The van der Waals surface area contributed by atoms with Crippen molar-refractivity contribution in [1.29, 1.82) is 0 Å². The zero-order valence-corrected chi connectivity index (χ0v) is 15.2. The summed E-state index contributed by atoms with van der Waals surface area (Å²) in [7, 11) is 0. The Balaban J connectivity index is 1.82. The molecule has 0 unspecified atom stereocenters. The van der Waals surface area contributed by atoms with E-state index in [2.05, 4.69) is 41.7 Å². The van der Waals surface area contributed by atoms with E-state index in [1.165, 1.54) is 0 Å². The zero-order chi connectivity index (χ0) is 18.5. The average molecular weight is 357 g/mol. The summed E-state index contributed by atoms with van der Waals surface area (Å²) < 4.78 is 6.71. The van der Waals surface area contributed by atoms with Crippen LogP contribution in [0.25, 0.3) is 0 Å². The molecular formula is C24H23NO2. The standard InChI is InChI=1S/C24H23NO2/c26-23-17-16-22(25-23)18-27-24(19-10-4-1-5-11-19,20-12-6-2-7-13-20)21-14-8-3-9-15-21/h1-15,22H,16-18H2,(H,25,26)/t22-/m1/s1. The third-order valence-electron chi connectivity index (χ3n) is 5.13. The van der Waals surface area contributed by atoms with Gasteiger partial charge in [-0.25, -0.2) is 0 Å². The molecule has 3 heteroatoms. The van der Waals surface area contributed by atoms with Crippen LogP contribution in [0.2, 0.25) is 0 Å². The summed E-state index contributed by atoms with van der Waals surface area (Å²) in [5.74, 6) is 0.105. The lowest BCUT2D eigenvalue weighted by Crippen LogP contribution is -2.38. The highest BCUT2D eigenvalue weighted by atomic mass is 16.5. The number of ether oxygens (including phenoxy) is 1. The number of carbonyl (C=O) groups is 1. The molecule has 1 N–H and O–H groups in total. The lowest BCUT2D eigenvalue weighted by molar-refractivity contribution is -0.119. The number of nitrogens with one attached hydrogen (secondary N) is 1. The fourth-order valence-corrected chi connectivity index (χ4v) is 3.80. The monoisotopic (exact) mass is 357 g/mol. The van der Waals surface area contributed by atoms with Gasteiger partial charge in [0, 0.05) is 6.42 Å². The number of benzene rings is 3. The van der Waals surface area contributed by atoms with E-state index in [9.17, 15) is 4.79 Å². The van der Waals surface area contributed by atoms with Gasteiger partial charge in [0.05, 0.1) is 12.6 Å². The maximum Gasteiger partial charge on any atom is 0.220 e. The van der Waals surface area contributed by atoms with E-state index in [-0.39, 0.29) is 11.9 Å². The van der Waals surface area contributed by atoms with E-state index in [0.29, 0.717) is 13.0 Å². The van der Waals surface area contributed by atoms with Crippen LogP contribution in [0.5, 0.6) is 0 Å². The highest BCUT2D eigenvalue weighted by Gasteiger charge is 2.38. The summed E-state index contributed by atoms with van der Waals surface area (Å²) in [5, 5.41) is 3.02. The summed E-state index contributed by atoms with van der Waals surface area (Å²) in [6.07, 6.45) is 1.39. The Morgan fingerprint density at radius 2 is 1.22 bits per heavy atom. The van der Waals surface area contributed by atoms with E-state index in [0.717, 1.165) is 23.1 Å². The van der Waals surface area contributed by atoms with Crippen LogP contribution < -0.4 is 5.32 Å². The van der Waals surface area contributed by atoms with Crippen molar-refractivity contribution in [3.63, 3.8) is 0 Å². The Bertz CT molecular complexity index is 781. The normalized spacial score (nSPS) is 16.9. The fourth-order valence-electron chi connectivity index (χ4n) is 3.80. The van der Waals surface area contributed by atoms with Gasteiger partial charge in [-0.15, -0.1) is 0 Å². The van der Waals surface area contributed by atoms with E-state index >= 15 is 0 Å². The molecule has 136 valence electrons. The first kappa shape index (κ1) is 17.5. The molecule has 27 heavy (non-hydrogen) atoms. The zero-order valence-electron chi connectivity index (χ0n) is 15.2. The van der Waals surface area contributed by atoms with Crippen molar-refractivity contribution in [2.24, 2.45) is 0 Å². The molecule has 0 spiro atoms. The van der Waals surface area contributed by atoms with Crippen LogP contribution in [0.15, 0.2) is 91.0 Å². The van der Waals surface area contributed by atoms with Gasteiger partial charge in [0.25, 0.3) is 0 Å². The topological polar surface area (TPSA) is 38.3 Å². The highest BCUT2D eigenvalue weighted by Crippen LogP contribution is 2.40. The van der Waals surface area contributed by atoms with Crippen molar-refractivity contribution < 1.29 is 9.53 Å². The van der Waals surface area contributed by atoms with Crippen LogP contribution in [0.1, 0.15) is 29.5 Å². The predicted octanol–water partition coefficient (Wildman–Crippen LogP) is 4.27. The summed E-state index contributed by atoms with van der Waals surface area (Å²) in [5.41, 5.74) is 2.50. The molecule has 1 heterocycles. The predicted molar refractivity (Wildman–Crippen MR) is 106 cm³/mol. The minimum absolute atomic E-state index is 0.0491. The minimum Gasteiger partial charge on any atom is -0.359 e. The van der Waals surface area contributed by atoms with Gasteiger partial charge in [0.1, 0.15) is 5.60 Å². The van der Waals surface area contributed by atoms with Crippen molar-refractivity contribution in [2.45, 2.75) is 24.5 Å². The van der Waals surface area contributed by atoms with Crippen LogP contribution >= 0.6 is 0 Å². The molecule has 1 amide bonds. The first-order valence-electron chi connectivity index (χ1n) is 9.39. The molecule has 0 aliphatic carbocycles.